The molecule has 1 fully saturated rings. The number of aliphatic hydroxyl groups is 1. The smallest absolute Gasteiger partial charge is 0.272 e. The standard InChI is InChI=1S/C13H16ClN5S.C9H12F2N2O2/c1-19-4-2-8(3-5-19)12-16-7-10(20-12)11-9(14)6-17-13(15)18-11;10-8(11)5-15-9-4-6-7(14)2-1-3-13(6)12-9/h6-8H,2-5H2,1H3,(H2,15,17,18);4,7-8,14H,1-3,5H2. The molecule has 5 heterocycles. The van der Waals surface area contributed by atoms with E-state index < -0.39 is 19.1 Å². The molecule has 3 aromatic heterocycles. The highest BCUT2D eigenvalue weighted by Gasteiger charge is 2.23. The van der Waals surface area contributed by atoms with Gasteiger partial charge in [-0.25, -0.2) is 23.7 Å². The second-order valence-electron chi connectivity index (χ2n) is 8.56. The number of nitrogens with zero attached hydrogens (tertiary/aromatic N) is 6. The Morgan fingerprint density at radius 2 is 2.00 bits per heavy atom. The highest BCUT2D eigenvalue weighted by molar-refractivity contribution is 7.15. The van der Waals surface area contributed by atoms with Gasteiger partial charge in [-0.3, -0.25) is 4.68 Å². The molecule has 1 saturated heterocycles. The van der Waals surface area contributed by atoms with Gasteiger partial charge in [-0.2, -0.15) is 0 Å². The number of ether oxygens (including phenoxy) is 1. The minimum absolute atomic E-state index is 0.159. The Labute approximate surface area is 210 Å². The molecule has 0 bridgehead atoms. The number of hydrogen-bond acceptors (Lipinski definition) is 9. The Kier molecular flexibility index (Phi) is 8.47. The summed E-state index contributed by atoms with van der Waals surface area (Å²) in [5.74, 6) is 0.938. The third-order valence-corrected chi connectivity index (χ3v) is 7.37. The molecule has 3 N–H and O–H groups in total. The van der Waals surface area contributed by atoms with Crippen molar-refractivity contribution in [2.24, 2.45) is 0 Å². The maximum Gasteiger partial charge on any atom is 0.272 e. The van der Waals surface area contributed by atoms with Crippen LogP contribution in [0, 0.1) is 0 Å². The molecular weight excluding hydrogens is 500 g/mol. The molecule has 3 aromatic rings. The van der Waals surface area contributed by atoms with Gasteiger partial charge < -0.3 is 20.5 Å². The summed E-state index contributed by atoms with van der Waals surface area (Å²) in [7, 11) is 2.16. The van der Waals surface area contributed by atoms with Crippen LogP contribution in [0.2, 0.25) is 5.02 Å². The van der Waals surface area contributed by atoms with Gasteiger partial charge in [0.05, 0.1) is 32.9 Å². The molecule has 0 spiro atoms. The minimum Gasteiger partial charge on any atom is -0.471 e. The van der Waals surface area contributed by atoms with Gasteiger partial charge in [0.25, 0.3) is 6.43 Å². The molecular formula is C22H28ClF2N7O2S. The fourth-order valence-electron chi connectivity index (χ4n) is 4.05. The summed E-state index contributed by atoms with van der Waals surface area (Å²) in [4.78, 5) is 16.0. The minimum atomic E-state index is -2.51. The van der Waals surface area contributed by atoms with E-state index in [1.54, 1.807) is 16.0 Å². The molecule has 35 heavy (non-hydrogen) atoms. The molecule has 5 rings (SSSR count). The van der Waals surface area contributed by atoms with Crippen molar-refractivity contribution in [3.8, 4) is 16.5 Å². The van der Waals surface area contributed by atoms with Crippen LogP contribution in [0.4, 0.5) is 14.7 Å². The highest BCUT2D eigenvalue weighted by atomic mass is 35.5. The number of thiazole rings is 1. The second-order valence-corrected chi connectivity index (χ2v) is 10.0. The second kappa shape index (κ2) is 11.5. The molecule has 0 saturated carbocycles. The molecule has 190 valence electrons. The van der Waals surface area contributed by atoms with Gasteiger partial charge in [0.1, 0.15) is 5.69 Å². The van der Waals surface area contributed by atoms with E-state index in [2.05, 4.69) is 32.0 Å². The van der Waals surface area contributed by atoms with Crippen molar-refractivity contribution in [1.82, 2.24) is 29.6 Å². The normalized spacial score (nSPS) is 18.7. The fourth-order valence-corrected chi connectivity index (χ4v) is 5.39. The maximum absolute atomic E-state index is 11.9. The maximum atomic E-state index is 11.9. The van der Waals surface area contributed by atoms with Crippen molar-refractivity contribution in [2.75, 3.05) is 32.5 Å². The summed E-state index contributed by atoms with van der Waals surface area (Å²) in [6.07, 6.45) is 4.14. The number of nitrogen functional groups attached to an aromatic ring is 1. The van der Waals surface area contributed by atoms with Crippen LogP contribution in [0.3, 0.4) is 0 Å². The first kappa shape index (κ1) is 25.7. The number of rotatable bonds is 5. The van der Waals surface area contributed by atoms with E-state index in [0.29, 0.717) is 35.3 Å². The molecule has 2 aliphatic rings. The van der Waals surface area contributed by atoms with E-state index >= 15 is 0 Å². The number of fused-ring (bicyclic) bond motifs is 1. The molecule has 9 nitrogen and oxygen atoms in total. The largest absolute Gasteiger partial charge is 0.471 e. The molecule has 13 heteroatoms. The predicted molar refractivity (Wildman–Crippen MR) is 130 cm³/mol. The van der Waals surface area contributed by atoms with E-state index in [9.17, 15) is 13.9 Å². The molecule has 0 amide bonds. The van der Waals surface area contributed by atoms with Crippen molar-refractivity contribution in [3.05, 3.63) is 34.2 Å². The lowest BCUT2D eigenvalue weighted by atomic mass is 9.98. The van der Waals surface area contributed by atoms with Crippen LogP contribution in [0.15, 0.2) is 18.5 Å². The topological polar surface area (TPSA) is 115 Å². The SMILES string of the molecule is CN1CCC(c2ncc(-c3nc(N)ncc3Cl)s2)CC1.OC1CCCn2nc(OCC(F)F)cc21. The van der Waals surface area contributed by atoms with Crippen LogP contribution >= 0.6 is 22.9 Å². The molecule has 0 aliphatic carbocycles. The van der Waals surface area contributed by atoms with Crippen LogP contribution in [-0.2, 0) is 6.54 Å². The Morgan fingerprint density at radius 1 is 1.23 bits per heavy atom. The quantitative estimate of drug-likeness (QED) is 0.511. The van der Waals surface area contributed by atoms with E-state index in [0.717, 1.165) is 37.2 Å². The number of aliphatic hydroxyl groups excluding tert-OH is 1. The average molecular weight is 528 g/mol. The van der Waals surface area contributed by atoms with Crippen LogP contribution in [-0.4, -0.2) is 67.9 Å². The number of piperidine rings is 1. The number of anilines is 1. The first-order valence-electron chi connectivity index (χ1n) is 11.4. The van der Waals surface area contributed by atoms with Crippen molar-refractivity contribution >= 4 is 28.9 Å². The molecule has 0 radical (unpaired) electrons. The van der Waals surface area contributed by atoms with Crippen molar-refractivity contribution in [3.63, 3.8) is 0 Å². The van der Waals surface area contributed by atoms with Crippen LogP contribution in [0.1, 0.15) is 48.4 Å². The summed E-state index contributed by atoms with van der Waals surface area (Å²) < 4.78 is 30.1. The van der Waals surface area contributed by atoms with Crippen LogP contribution in [0.5, 0.6) is 5.88 Å². The summed E-state index contributed by atoms with van der Waals surface area (Å²) in [6.45, 7) is 2.29. The molecule has 2 aliphatic heterocycles. The Hall–Kier alpha value is -2.41. The third kappa shape index (κ3) is 6.63. The van der Waals surface area contributed by atoms with E-state index in [1.165, 1.54) is 17.3 Å². The van der Waals surface area contributed by atoms with Crippen molar-refractivity contribution < 1.29 is 18.6 Å². The highest BCUT2D eigenvalue weighted by Crippen LogP contribution is 2.36. The van der Waals surface area contributed by atoms with Gasteiger partial charge in [0, 0.05) is 24.7 Å². The summed E-state index contributed by atoms with van der Waals surface area (Å²) in [6, 6.07) is 1.52. The zero-order chi connectivity index (χ0) is 24.9. The van der Waals surface area contributed by atoms with E-state index in [1.807, 2.05) is 6.20 Å². The van der Waals surface area contributed by atoms with E-state index in [-0.39, 0.29) is 11.8 Å². The number of aryl methyl sites for hydroxylation is 1. The Morgan fingerprint density at radius 3 is 2.71 bits per heavy atom. The molecule has 0 aromatic carbocycles. The molecule has 1 unspecified atom stereocenters. The lowest BCUT2D eigenvalue weighted by Gasteiger charge is -2.27. The average Bonchev–Trinajstić information content (AvgIpc) is 3.48. The summed E-state index contributed by atoms with van der Waals surface area (Å²) in [5.41, 5.74) is 6.95. The number of nitrogens with two attached hydrogens (primary N) is 1. The third-order valence-electron chi connectivity index (χ3n) is 5.92. The fraction of sp³-hybridized carbons (Fsp3) is 0.545. The van der Waals surface area contributed by atoms with Crippen molar-refractivity contribution in [1.29, 1.82) is 0 Å². The number of hydrogen-bond donors (Lipinski definition) is 2. The molecule has 1 atom stereocenters. The number of halogens is 3. The van der Waals surface area contributed by atoms with Crippen LogP contribution in [0.25, 0.3) is 10.6 Å². The van der Waals surface area contributed by atoms with Gasteiger partial charge in [0.2, 0.25) is 11.8 Å². The number of aromatic nitrogens is 5. The Balaban J connectivity index is 0.000000172. The lowest BCUT2D eigenvalue weighted by molar-refractivity contribution is 0.0791. The number of alkyl halides is 2. The van der Waals surface area contributed by atoms with Gasteiger partial charge in [-0.15, -0.1) is 16.4 Å². The zero-order valence-electron chi connectivity index (χ0n) is 19.3. The van der Waals surface area contributed by atoms with Gasteiger partial charge in [-0.1, -0.05) is 11.6 Å². The lowest BCUT2D eigenvalue weighted by Crippen LogP contribution is -2.29. The monoisotopic (exact) mass is 527 g/mol. The number of likely N-dealkylation sites (tertiary alicyclic amines) is 1. The van der Waals surface area contributed by atoms with Crippen LogP contribution < -0.4 is 10.5 Å². The van der Waals surface area contributed by atoms with Gasteiger partial charge >= 0.3 is 0 Å². The van der Waals surface area contributed by atoms with E-state index in [4.69, 9.17) is 22.1 Å². The zero-order valence-corrected chi connectivity index (χ0v) is 20.9. The van der Waals surface area contributed by atoms with Gasteiger partial charge in [0.15, 0.2) is 6.61 Å². The first-order chi connectivity index (χ1) is 16.8. The van der Waals surface area contributed by atoms with Gasteiger partial charge in [-0.05, 0) is 45.8 Å². The predicted octanol–water partition coefficient (Wildman–Crippen LogP) is 4.00. The first-order valence-corrected chi connectivity index (χ1v) is 12.6. The van der Waals surface area contributed by atoms with Crippen molar-refractivity contribution in [2.45, 2.75) is 50.7 Å². The summed E-state index contributed by atoms with van der Waals surface area (Å²) in [5, 5.41) is 15.2. The summed E-state index contributed by atoms with van der Waals surface area (Å²) >= 11 is 7.79. The Bertz CT molecular complexity index is 1120.